The molecule has 1 saturated heterocycles. The molecule has 1 aromatic heterocycles. The molecule has 1 aromatic carbocycles. The van der Waals surface area contributed by atoms with E-state index in [1.165, 1.54) is 43.7 Å². The number of halogens is 1. The summed E-state index contributed by atoms with van der Waals surface area (Å²) in [6, 6.07) is 8.71. The number of likely N-dealkylation sites (N-methyl/N-ethyl adjacent to an activating group) is 1. The molecule has 1 atom stereocenters. The van der Waals surface area contributed by atoms with E-state index in [9.17, 15) is 17.6 Å². The van der Waals surface area contributed by atoms with Gasteiger partial charge < -0.3 is 10.2 Å². The zero-order valence-electron chi connectivity index (χ0n) is 14.9. The maximum Gasteiger partial charge on any atom is 0.244 e. The van der Waals surface area contributed by atoms with Gasteiger partial charge in [0, 0.05) is 39.1 Å². The third-order valence-corrected chi connectivity index (χ3v) is 6.28. The quantitative estimate of drug-likeness (QED) is 0.821. The topological polar surface area (TPSA) is 82.6 Å². The van der Waals surface area contributed by atoms with E-state index in [4.69, 9.17) is 0 Å². The highest BCUT2D eigenvalue weighted by Crippen LogP contribution is 2.23. The number of amides is 1. The van der Waals surface area contributed by atoms with Crippen molar-refractivity contribution >= 4 is 15.9 Å². The van der Waals surface area contributed by atoms with Crippen LogP contribution in [0.1, 0.15) is 11.6 Å². The summed E-state index contributed by atoms with van der Waals surface area (Å²) in [5.74, 6) is -0.706. The Morgan fingerprint density at radius 1 is 1.37 bits per heavy atom. The molecule has 0 bridgehead atoms. The lowest BCUT2D eigenvalue weighted by molar-refractivity contribution is -0.134. The van der Waals surface area contributed by atoms with Crippen molar-refractivity contribution in [1.82, 2.24) is 19.5 Å². The van der Waals surface area contributed by atoms with Gasteiger partial charge in [-0.2, -0.15) is 4.31 Å². The second-order valence-electron chi connectivity index (χ2n) is 6.31. The van der Waals surface area contributed by atoms with Crippen LogP contribution in [0.4, 0.5) is 4.39 Å². The minimum atomic E-state index is -3.81. The summed E-state index contributed by atoms with van der Waals surface area (Å²) in [6.45, 7) is 1.19. The predicted octanol–water partition coefficient (Wildman–Crippen LogP) is 1.01. The van der Waals surface area contributed by atoms with Gasteiger partial charge in [-0.15, -0.1) is 0 Å². The Hall–Kier alpha value is -2.36. The summed E-state index contributed by atoms with van der Waals surface area (Å²) >= 11 is 0. The van der Waals surface area contributed by atoms with E-state index in [2.05, 4.69) is 10.3 Å². The molecule has 2 aromatic rings. The van der Waals surface area contributed by atoms with Crippen LogP contribution in [0.3, 0.4) is 0 Å². The van der Waals surface area contributed by atoms with Crippen LogP contribution < -0.4 is 5.32 Å². The van der Waals surface area contributed by atoms with Gasteiger partial charge in [0.05, 0.1) is 12.6 Å². The Morgan fingerprint density at radius 2 is 2.19 bits per heavy atom. The number of rotatable bonds is 5. The Morgan fingerprint density at radius 3 is 2.89 bits per heavy atom. The first-order valence-electron chi connectivity index (χ1n) is 8.51. The van der Waals surface area contributed by atoms with Gasteiger partial charge in [-0.3, -0.25) is 9.78 Å². The molecule has 7 nitrogen and oxygen atoms in total. The number of hydrogen-bond acceptors (Lipinski definition) is 5. The van der Waals surface area contributed by atoms with E-state index < -0.39 is 10.0 Å². The standard InChI is InChI=1S/C18H21FN4O3S/c1-22(27(25,26)16-6-3-7-20-11-16)13-18(24)23-9-8-21-12-17(23)14-4-2-5-15(19)10-14/h2-7,10-11,17,21H,8-9,12-13H2,1H3. The SMILES string of the molecule is CN(CC(=O)N1CCNCC1c1cccc(F)c1)S(=O)(=O)c1cccnc1. The molecule has 1 amide bonds. The zero-order chi connectivity index (χ0) is 19.4. The molecular weight excluding hydrogens is 371 g/mol. The highest BCUT2D eigenvalue weighted by Gasteiger charge is 2.31. The van der Waals surface area contributed by atoms with E-state index in [0.29, 0.717) is 25.2 Å². The van der Waals surface area contributed by atoms with E-state index >= 15 is 0 Å². The molecule has 3 rings (SSSR count). The highest BCUT2D eigenvalue weighted by atomic mass is 32.2. The molecule has 27 heavy (non-hydrogen) atoms. The average molecular weight is 392 g/mol. The second-order valence-corrected chi connectivity index (χ2v) is 8.36. The van der Waals surface area contributed by atoms with Gasteiger partial charge in [-0.05, 0) is 29.8 Å². The summed E-state index contributed by atoms with van der Waals surface area (Å²) in [5.41, 5.74) is 0.674. The van der Waals surface area contributed by atoms with E-state index in [1.54, 1.807) is 17.0 Å². The number of carbonyl (C=O) groups excluding carboxylic acids is 1. The molecule has 144 valence electrons. The monoisotopic (exact) mass is 392 g/mol. The minimum absolute atomic E-state index is 0.0299. The fourth-order valence-corrected chi connectivity index (χ4v) is 4.15. The van der Waals surface area contributed by atoms with Gasteiger partial charge in [0.25, 0.3) is 0 Å². The van der Waals surface area contributed by atoms with Crippen LogP contribution in [0.15, 0.2) is 53.7 Å². The molecular formula is C18H21FN4O3S. The molecule has 1 unspecified atom stereocenters. The molecule has 1 aliphatic rings. The Balaban J connectivity index is 1.77. The molecule has 2 heterocycles. The van der Waals surface area contributed by atoms with Crippen LogP contribution in [0, 0.1) is 5.82 Å². The van der Waals surface area contributed by atoms with Gasteiger partial charge in [-0.1, -0.05) is 12.1 Å². The van der Waals surface area contributed by atoms with Crippen molar-refractivity contribution < 1.29 is 17.6 Å². The van der Waals surface area contributed by atoms with Crippen LogP contribution in [-0.2, 0) is 14.8 Å². The number of benzene rings is 1. The lowest BCUT2D eigenvalue weighted by atomic mass is 10.0. The third kappa shape index (κ3) is 4.32. The summed E-state index contributed by atoms with van der Waals surface area (Å²) in [4.78, 5) is 18.3. The Kier molecular flexibility index (Phi) is 5.83. The van der Waals surface area contributed by atoms with E-state index in [1.807, 2.05) is 0 Å². The van der Waals surface area contributed by atoms with Crippen molar-refractivity contribution in [3.05, 3.63) is 60.2 Å². The maximum absolute atomic E-state index is 13.6. The minimum Gasteiger partial charge on any atom is -0.332 e. The van der Waals surface area contributed by atoms with Crippen LogP contribution >= 0.6 is 0 Å². The van der Waals surface area contributed by atoms with Crippen LogP contribution in [-0.4, -0.2) is 61.7 Å². The molecule has 0 radical (unpaired) electrons. The number of carbonyl (C=O) groups is 1. The number of pyridine rings is 1. The number of piperazine rings is 1. The summed E-state index contributed by atoms with van der Waals surface area (Å²) in [7, 11) is -2.45. The van der Waals surface area contributed by atoms with Gasteiger partial charge in [0.15, 0.2) is 0 Å². The third-order valence-electron chi connectivity index (χ3n) is 4.50. The first-order chi connectivity index (χ1) is 12.9. The normalized spacial score (nSPS) is 17.9. The van der Waals surface area contributed by atoms with Crippen molar-refractivity contribution in [2.45, 2.75) is 10.9 Å². The molecule has 1 fully saturated rings. The second kappa shape index (κ2) is 8.12. The van der Waals surface area contributed by atoms with Gasteiger partial charge in [0.1, 0.15) is 10.7 Å². The molecule has 0 spiro atoms. The van der Waals surface area contributed by atoms with Crippen molar-refractivity contribution in [2.75, 3.05) is 33.2 Å². The number of sulfonamides is 1. The largest absolute Gasteiger partial charge is 0.332 e. The van der Waals surface area contributed by atoms with Gasteiger partial charge in [-0.25, -0.2) is 12.8 Å². The van der Waals surface area contributed by atoms with E-state index in [0.717, 1.165) is 4.31 Å². The fourth-order valence-electron chi connectivity index (χ4n) is 3.06. The summed E-state index contributed by atoms with van der Waals surface area (Å²) < 4.78 is 39.8. The fraction of sp³-hybridized carbons (Fsp3) is 0.333. The highest BCUT2D eigenvalue weighted by molar-refractivity contribution is 7.89. The predicted molar refractivity (Wildman–Crippen MR) is 97.8 cm³/mol. The summed E-state index contributed by atoms with van der Waals surface area (Å²) in [6.07, 6.45) is 2.73. The van der Waals surface area contributed by atoms with Gasteiger partial charge in [0.2, 0.25) is 15.9 Å². The lowest BCUT2D eigenvalue weighted by Gasteiger charge is -2.37. The summed E-state index contributed by atoms with van der Waals surface area (Å²) in [5, 5.41) is 3.19. The Labute approximate surface area is 157 Å². The van der Waals surface area contributed by atoms with E-state index in [-0.39, 0.29) is 29.2 Å². The van der Waals surface area contributed by atoms with Crippen LogP contribution in [0.2, 0.25) is 0 Å². The molecule has 1 aliphatic heterocycles. The lowest BCUT2D eigenvalue weighted by Crippen LogP contribution is -2.51. The molecule has 9 heteroatoms. The molecule has 1 N–H and O–H groups in total. The van der Waals surface area contributed by atoms with Crippen molar-refractivity contribution in [1.29, 1.82) is 0 Å². The number of hydrogen-bond donors (Lipinski definition) is 1. The van der Waals surface area contributed by atoms with Crippen LogP contribution in [0.25, 0.3) is 0 Å². The van der Waals surface area contributed by atoms with Crippen LogP contribution in [0.5, 0.6) is 0 Å². The molecule has 0 aliphatic carbocycles. The zero-order valence-corrected chi connectivity index (χ0v) is 15.7. The first-order valence-corrected chi connectivity index (χ1v) is 9.95. The maximum atomic E-state index is 13.6. The van der Waals surface area contributed by atoms with Crippen molar-refractivity contribution in [3.63, 3.8) is 0 Å². The van der Waals surface area contributed by atoms with Crippen molar-refractivity contribution in [3.8, 4) is 0 Å². The van der Waals surface area contributed by atoms with Gasteiger partial charge >= 0.3 is 0 Å². The average Bonchev–Trinajstić information content (AvgIpc) is 2.68. The first kappa shape index (κ1) is 19.4. The smallest absolute Gasteiger partial charge is 0.244 e. The number of aromatic nitrogens is 1. The Bertz CT molecular complexity index is 908. The van der Waals surface area contributed by atoms with Crippen molar-refractivity contribution in [2.24, 2.45) is 0 Å². The number of nitrogens with one attached hydrogen (secondary N) is 1. The number of nitrogens with zero attached hydrogens (tertiary/aromatic N) is 3. The molecule has 0 saturated carbocycles.